The Labute approximate surface area is 98.4 Å². The van der Waals surface area contributed by atoms with Gasteiger partial charge in [0.15, 0.2) is 0 Å². The van der Waals surface area contributed by atoms with Gasteiger partial charge < -0.3 is 5.73 Å². The van der Waals surface area contributed by atoms with Crippen LogP contribution in [-0.2, 0) is 4.79 Å². The fourth-order valence-corrected chi connectivity index (χ4v) is 1.50. The monoisotopic (exact) mass is 225 g/mol. The molecule has 0 aliphatic carbocycles. The highest BCUT2D eigenvalue weighted by Crippen LogP contribution is 2.20. The van der Waals surface area contributed by atoms with Crippen LogP contribution < -0.4 is 5.73 Å². The minimum Gasteiger partial charge on any atom is -0.369 e. The summed E-state index contributed by atoms with van der Waals surface area (Å²) in [6.07, 6.45) is 1.75. The molecule has 2 N–H and O–H groups in total. The standard InChI is InChI=1S/C12H23N3O/c1-10(2)15(8-11(14)16)7-5-6-12(3,4)9-13/h10H,5-8H2,1-4H3,(H2,14,16). The van der Waals surface area contributed by atoms with E-state index in [-0.39, 0.29) is 11.3 Å². The highest BCUT2D eigenvalue weighted by atomic mass is 16.1. The van der Waals surface area contributed by atoms with Crippen molar-refractivity contribution in [2.24, 2.45) is 11.1 Å². The molecule has 0 radical (unpaired) electrons. The Morgan fingerprint density at radius 3 is 2.44 bits per heavy atom. The Bertz CT molecular complexity index is 266. The third-order valence-electron chi connectivity index (χ3n) is 2.64. The molecule has 0 bridgehead atoms. The lowest BCUT2D eigenvalue weighted by molar-refractivity contribution is -0.119. The van der Waals surface area contributed by atoms with E-state index in [2.05, 4.69) is 6.07 Å². The van der Waals surface area contributed by atoms with E-state index in [1.54, 1.807) is 0 Å². The van der Waals surface area contributed by atoms with Gasteiger partial charge in [0, 0.05) is 6.04 Å². The fraction of sp³-hybridized carbons (Fsp3) is 0.833. The maximum atomic E-state index is 10.9. The Hall–Kier alpha value is -1.08. The van der Waals surface area contributed by atoms with Gasteiger partial charge in [0.05, 0.1) is 18.0 Å². The molecule has 0 aromatic heterocycles. The lowest BCUT2D eigenvalue weighted by Crippen LogP contribution is -2.39. The van der Waals surface area contributed by atoms with Crippen molar-refractivity contribution in [2.45, 2.75) is 46.6 Å². The molecular formula is C12H23N3O. The Morgan fingerprint density at radius 1 is 1.50 bits per heavy atom. The predicted octanol–water partition coefficient (Wildman–Crippen LogP) is 1.51. The minimum atomic E-state index is -0.298. The van der Waals surface area contributed by atoms with Crippen molar-refractivity contribution in [1.29, 1.82) is 5.26 Å². The Balaban J connectivity index is 4.05. The van der Waals surface area contributed by atoms with E-state index in [4.69, 9.17) is 11.0 Å². The topological polar surface area (TPSA) is 70.1 Å². The van der Waals surface area contributed by atoms with Gasteiger partial charge in [0.1, 0.15) is 0 Å². The highest BCUT2D eigenvalue weighted by molar-refractivity contribution is 5.75. The quantitative estimate of drug-likeness (QED) is 0.714. The Morgan fingerprint density at radius 2 is 2.06 bits per heavy atom. The molecule has 0 saturated heterocycles. The van der Waals surface area contributed by atoms with E-state index >= 15 is 0 Å². The molecule has 0 aliphatic rings. The van der Waals surface area contributed by atoms with Gasteiger partial charge in [-0.1, -0.05) is 0 Å². The van der Waals surface area contributed by atoms with E-state index in [0.717, 1.165) is 19.4 Å². The summed E-state index contributed by atoms with van der Waals surface area (Å²) < 4.78 is 0. The van der Waals surface area contributed by atoms with E-state index in [1.165, 1.54) is 0 Å². The maximum absolute atomic E-state index is 10.9. The number of carbonyl (C=O) groups is 1. The van der Waals surface area contributed by atoms with Crippen LogP contribution in [0.1, 0.15) is 40.5 Å². The maximum Gasteiger partial charge on any atom is 0.231 e. The average molecular weight is 225 g/mol. The van der Waals surface area contributed by atoms with Gasteiger partial charge in [-0.3, -0.25) is 9.69 Å². The van der Waals surface area contributed by atoms with Crippen molar-refractivity contribution >= 4 is 5.91 Å². The van der Waals surface area contributed by atoms with Crippen LogP contribution in [0.2, 0.25) is 0 Å². The van der Waals surface area contributed by atoms with Crippen molar-refractivity contribution < 1.29 is 4.79 Å². The van der Waals surface area contributed by atoms with Crippen LogP contribution in [0.4, 0.5) is 0 Å². The number of primary amides is 1. The molecule has 0 aromatic rings. The number of rotatable bonds is 7. The molecule has 0 atom stereocenters. The minimum absolute atomic E-state index is 0.282. The summed E-state index contributed by atoms with van der Waals surface area (Å²) in [7, 11) is 0. The molecule has 4 heteroatoms. The molecule has 0 aromatic carbocycles. The molecule has 0 rings (SSSR count). The number of hydrogen-bond donors (Lipinski definition) is 1. The predicted molar refractivity (Wildman–Crippen MR) is 64.5 cm³/mol. The lowest BCUT2D eigenvalue weighted by Gasteiger charge is -2.26. The zero-order valence-electron chi connectivity index (χ0n) is 10.8. The molecule has 0 heterocycles. The number of nitrogens with two attached hydrogens (primary N) is 1. The van der Waals surface area contributed by atoms with Crippen molar-refractivity contribution in [1.82, 2.24) is 4.90 Å². The van der Waals surface area contributed by atoms with Crippen LogP contribution >= 0.6 is 0 Å². The second-order valence-electron chi connectivity index (χ2n) is 5.13. The summed E-state index contributed by atoms with van der Waals surface area (Å²) in [5.74, 6) is -0.298. The molecule has 0 saturated carbocycles. The van der Waals surface area contributed by atoms with Gasteiger partial charge in [-0.15, -0.1) is 0 Å². The second kappa shape index (κ2) is 6.49. The first-order chi connectivity index (χ1) is 7.28. The fourth-order valence-electron chi connectivity index (χ4n) is 1.50. The van der Waals surface area contributed by atoms with Crippen molar-refractivity contribution in [2.75, 3.05) is 13.1 Å². The van der Waals surface area contributed by atoms with E-state index in [1.807, 2.05) is 32.6 Å². The number of carbonyl (C=O) groups excluding carboxylic acids is 1. The molecule has 0 unspecified atom stereocenters. The van der Waals surface area contributed by atoms with Gasteiger partial charge in [-0.25, -0.2) is 0 Å². The van der Waals surface area contributed by atoms with Crippen molar-refractivity contribution in [3.05, 3.63) is 0 Å². The van der Waals surface area contributed by atoms with E-state index in [0.29, 0.717) is 12.6 Å². The van der Waals surface area contributed by atoms with Gasteiger partial charge in [-0.2, -0.15) is 5.26 Å². The number of nitrogens with zero attached hydrogens (tertiary/aromatic N) is 2. The highest BCUT2D eigenvalue weighted by Gasteiger charge is 2.18. The van der Waals surface area contributed by atoms with E-state index < -0.39 is 0 Å². The summed E-state index contributed by atoms with van der Waals surface area (Å²) in [5.41, 5.74) is 4.90. The molecule has 16 heavy (non-hydrogen) atoms. The molecule has 0 aliphatic heterocycles. The summed E-state index contributed by atoms with van der Waals surface area (Å²) in [4.78, 5) is 12.9. The molecule has 0 fully saturated rings. The molecular weight excluding hydrogens is 202 g/mol. The number of nitriles is 1. The SMILES string of the molecule is CC(C)N(CCCC(C)(C)C#N)CC(N)=O. The van der Waals surface area contributed by atoms with Gasteiger partial charge in [0.25, 0.3) is 0 Å². The first-order valence-electron chi connectivity index (χ1n) is 5.72. The van der Waals surface area contributed by atoms with Crippen LogP contribution in [0, 0.1) is 16.7 Å². The largest absolute Gasteiger partial charge is 0.369 e. The van der Waals surface area contributed by atoms with Crippen LogP contribution in [0.5, 0.6) is 0 Å². The number of hydrogen-bond acceptors (Lipinski definition) is 3. The van der Waals surface area contributed by atoms with Gasteiger partial charge in [0.2, 0.25) is 5.91 Å². The third-order valence-corrected chi connectivity index (χ3v) is 2.64. The first kappa shape index (κ1) is 14.9. The summed E-state index contributed by atoms with van der Waals surface area (Å²) in [6.45, 7) is 9.05. The molecule has 0 spiro atoms. The van der Waals surface area contributed by atoms with E-state index in [9.17, 15) is 4.79 Å². The molecule has 4 nitrogen and oxygen atoms in total. The van der Waals surface area contributed by atoms with Crippen LogP contribution in [0.3, 0.4) is 0 Å². The Kier molecular flexibility index (Phi) is 6.05. The van der Waals surface area contributed by atoms with Crippen LogP contribution in [0.25, 0.3) is 0 Å². The summed E-state index contributed by atoms with van der Waals surface area (Å²) in [5, 5.41) is 8.88. The van der Waals surface area contributed by atoms with Crippen LogP contribution in [-0.4, -0.2) is 29.9 Å². The van der Waals surface area contributed by atoms with Gasteiger partial charge in [-0.05, 0) is 47.1 Å². The molecule has 1 amide bonds. The third kappa shape index (κ3) is 6.41. The lowest BCUT2D eigenvalue weighted by atomic mass is 9.90. The van der Waals surface area contributed by atoms with Gasteiger partial charge >= 0.3 is 0 Å². The number of amides is 1. The van der Waals surface area contributed by atoms with Crippen LogP contribution in [0.15, 0.2) is 0 Å². The second-order valence-corrected chi connectivity index (χ2v) is 5.13. The molecule has 92 valence electrons. The zero-order chi connectivity index (χ0) is 12.8. The van der Waals surface area contributed by atoms with Crippen molar-refractivity contribution in [3.63, 3.8) is 0 Å². The summed E-state index contributed by atoms with van der Waals surface area (Å²) >= 11 is 0. The normalized spacial score (nSPS) is 11.8. The average Bonchev–Trinajstić information content (AvgIpc) is 2.15. The summed E-state index contributed by atoms with van der Waals surface area (Å²) in [6, 6.07) is 2.58. The first-order valence-corrected chi connectivity index (χ1v) is 5.72. The zero-order valence-corrected chi connectivity index (χ0v) is 10.8. The smallest absolute Gasteiger partial charge is 0.231 e. The van der Waals surface area contributed by atoms with Crippen molar-refractivity contribution in [3.8, 4) is 6.07 Å².